The van der Waals surface area contributed by atoms with Gasteiger partial charge >= 0.3 is 0 Å². The van der Waals surface area contributed by atoms with E-state index in [1.165, 1.54) is 38.8 Å². The summed E-state index contributed by atoms with van der Waals surface area (Å²) in [6.45, 7) is 4.13. The Bertz CT molecular complexity index is 414. The summed E-state index contributed by atoms with van der Waals surface area (Å²) in [7, 11) is 0. The van der Waals surface area contributed by atoms with E-state index in [2.05, 4.69) is 4.90 Å². The number of hydrogen-bond acceptors (Lipinski definition) is 3. The number of thiocarbonyl (C=S) groups is 1. The van der Waals surface area contributed by atoms with Crippen molar-refractivity contribution in [1.82, 2.24) is 4.90 Å². The normalized spacial score (nSPS) is 16.8. The minimum absolute atomic E-state index is 0.415. The first-order valence-corrected chi connectivity index (χ1v) is 7.41. The molecule has 4 heteroatoms. The van der Waals surface area contributed by atoms with Crippen molar-refractivity contribution in [1.29, 1.82) is 0 Å². The first kappa shape index (κ1) is 14.3. The summed E-state index contributed by atoms with van der Waals surface area (Å²) in [5.74, 6) is 0.847. The van der Waals surface area contributed by atoms with Crippen molar-refractivity contribution in [3.05, 3.63) is 29.8 Å². The summed E-state index contributed by atoms with van der Waals surface area (Å²) in [5, 5.41) is 0. The fourth-order valence-electron chi connectivity index (χ4n) is 2.39. The molecule has 0 radical (unpaired) electrons. The molecule has 1 aliphatic rings. The van der Waals surface area contributed by atoms with Crippen LogP contribution in [0.4, 0.5) is 0 Å². The molecule has 0 amide bonds. The van der Waals surface area contributed by atoms with Gasteiger partial charge in [0, 0.05) is 12.1 Å². The Hall–Kier alpha value is -1.13. The van der Waals surface area contributed by atoms with Gasteiger partial charge in [0.1, 0.15) is 17.3 Å². The van der Waals surface area contributed by atoms with Gasteiger partial charge in [0.15, 0.2) is 0 Å². The highest BCUT2D eigenvalue weighted by molar-refractivity contribution is 7.80. The van der Waals surface area contributed by atoms with Crippen molar-refractivity contribution in [2.45, 2.75) is 25.7 Å². The molecule has 1 saturated heterocycles. The van der Waals surface area contributed by atoms with Crippen LogP contribution >= 0.6 is 12.2 Å². The highest BCUT2D eigenvalue weighted by Crippen LogP contribution is 2.14. The minimum Gasteiger partial charge on any atom is -0.492 e. The molecule has 19 heavy (non-hydrogen) atoms. The molecule has 3 nitrogen and oxygen atoms in total. The molecule has 0 aromatic heterocycles. The Kier molecular flexibility index (Phi) is 5.61. The largest absolute Gasteiger partial charge is 0.492 e. The van der Waals surface area contributed by atoms with Crippen molar-refractivity contribution in [3.63, 3.8) is 0 Å². The fourth-order valence-corrected chi connectivity index (χ4v) is 2.52. The van der Waals surface area contributed by atoms with Gasteiger partial charge in [0.2, 0.25) is 0 Å². The van der Waals surface area contributed by atoms with Gasteiger partial charge < -0.3 is 10.5 Å². The third kappa shape index (κ3) is 4.80. The zero-order valence-corrected chi connectivity index (χ0v) is 12.1. The van der Waals surface area contributed by atoms with Crippen LogP contribution in [-0.4, -0.2) is 36.1 Å². The van der Waals surface area contributed by atoms with Crippen molar-refractivity contribution in [2.75, 3.05) is 26.2 Å². The molecule has 1 fully saturated rings. The maximum atomic E-state index is 5.78. The van der Waals surface area contributed by atoms with Crippen LogP contribution in [0.15, 0.2) is 24.3 Å². The van der Waals surface area contributed by atoms with E-state index in [4.69, 9.17) is 22.7 Å². The quantitative estimate of drug-likeness (QED) is 0.840. The Balaban J connectivity index is 1.78. The van der Waals surface area contributed by atoms with E-state index in [1.807, 2.05) is 24.3 Å². The Morgan fingerprint density at radius 2 is 1.95 bits per heavy atom. The van der Waals surface area contributed by atoms with Crippen molar-refractivity contribution >= 4 is 17.2 Å². The van der Waals surface area contributed by atoms with Crippen LogP contribution in [0.25, 0.3) is 0 Å². The zero-order valence-electron chi connectivity index (χ0n) is 11.3. The average molecular weight is 278 g/mol. The lowest BCUT2D eigenvalue weighted by atomic mass is 10.2. The number of rotatable bonds is 5. The van der Waals surface area contributed by atoms with Crippen LogP contribution in [0.5, 0.6) is 5.75 Å². The van der Waals surface area contributed by atoms with Gasteiger partial charge in [0.25, 0.3) is 0 Å². The molecule has 0 aliphatic carbocycles. The van der Waals surface area contributed by atoms with Crippen LogP contribution in [0.1, 0.15) is 31.2 Å². The van der Waals surface area contributed by atoms with E-state index >= 15 is 0 Å². The maximum absolute atomic E-state index is 5.78. The van der Waals surface area contributed by atoms with E-state index in [0.29, 0.717) is 4.99 Å². The molecule has 0 spiro atoms. The number of nitrogens with zero attached hydrogens (tertiary/aromatic N) is 1. The van der Waals surface area contributed by atoms with E-state index in [1.54, 1.807) is 0 Å². The first-order valence-electron chi connectivity index (χ1n) is 7.01. The smallest absolute Gasteiger partial charge is 0.120 e. The third-order valence-corrected chi connectivity index (χ3v) is 3.73. The van der Waals surface area contributed by atoms with Gasteiger partial charge in [-0.2, -0.15) is 0 Å². The van der Waals surface area contributed by atoms with E-state index in [-0.39, 0.29) is 0 Å². The van der Waals surface area contributed by atoms with Crippen LogP contribution in [0.3, 0.4) is 0 Å². The number of ether oxygens (including phenoxy) is 1. The Morgan fingerprint density at radius 3 is 2.63 bits per heavy atom. The number of hydrogen-bond donors (Lipinski definition) is 1. The van der Waals surface area contributed by atoms with Gasteiger partial charge in [-0.15, -0.1) is 0 Å². The molecule has 1 aromatic rings. The van der Waals surface area contributed by atoms with Gasteiger partial charge in [-0.1, -0.05) is 37.2 Å². The summed E-state index contributed by atoms with van der Waals surface area (Å²) in [6, 6.07) is 7.69. The molecule has 0 saturated carbocycles. The summed E-state index contributed by atoms with van der Waals surface area (Å²) in [6.07, 6.45) is 5.37. The second-order valence-corrected chi connectivity index (χ2v) is 5.44. The molecule has 0 bridgehead atoms. The molecule has 1 aliphatic heterocycles. The minimum atomic E-state index is 0.415. The molecule has 104 valence electrons. The summed E-state index contributed by atoms with van der Waals surface area (Å²) in [5.41, 5.74) is 6.48. The highest BCUT2D eigenvalue weighted by atomic mass is 32.1. The molecule has 0 unspecified atom stereocenters. The summed E-state index contributed by atoms with van der Waals surface area (Å²) in [4.78, 5) is 2.91. The SMILES string of the molecule is NC(=S)c1cccc(OCCN2CCCCCC2)c1. The van der Waals surface area contributed by atoms with Gasteiger partial charge in [-0.3, -0.25) is 4.90 Å². The lowest BCUT2D eigenvalue weighted by Gasteiger charge is -2.19. The second kappa shape index (κ2) is 7.46. The van der Waals surface area contributed by atoms with Crippen LogP contribution < -0.4 is 10.5 Å². The lowest BCUT2D eigenvalue weighted by Crippen LogP contribution is -2.29. The molecule has 1 aromatic carbocycles. The first-order chi connectivity index (χ1) is 9.25. The van der Waals surface area contributed by atoms with E-state index in [9.17, 15) is 0 Å². The lowest BCUT2D eigenvalue weighted by molar-refractivity contribution is 0.214. The van der Waals surface area contributed by atoms with Crippen molar-refractivity contribution < 1.29 is 4.74 Å². The predicted octanol–water partition coefficient (Wildman–Crippen LogP) is 2.58. The number of nitrogens with two attached hydrogens (primary N) is 1. The number of benzene rings is 1. The van der Waals surface area contributed by atoms with Gasteiger partial charge in [0.05, 0.1) is 0 Å². The predicted molar refractivity (Wildman–Crippen MR) is 82.7 cm³/mol. The van der Waals surface area contributed by atoms with Gasteiger partial charge in [-0.05, 0) is 38.1 Å². The summed E-state index contributed by atoms with van der Waals surface area (Å²) >= 11 is 4.97. The highest BCUT2D eigenvalue weighted by Gasteiger charge is 2.08. The number of likely N-dealkylation sites (tertiary alicyclic amines) is 1. The molecule has 2 rings (SSSR count). The fraction of sp³-hybridized carbons (Fsp3) is 0.533. The standard InChI is InChI=1S/C15H22N2OS/c16-15(19)13-6-5-7-14(12-13)18-11-10-17-8-3-1-2-4-9-17/h5-7,12H,1-4,8-11H2,(H2,16,19). The Labute approximate surface area is 120 Å². The summed E-state index contributed by atoms with van der Waals surface area (Å²) < 4.78 is 5.78. The van der Waals surface area contributed by atoms with Crippen LogP contribution in [-0.2, 0) is 0 Å². The van der Waals surface area contributed by atoms with Crippen LogP contribution in [0, 0.1) is 0 Å². The molecular formula is C15H22N2OS. The zero-order chi connectivity index (χ0) is 13.5. The molecule has 2 N–H and O–H groups in total. The molecule has 1 heterocycles. The van der Waals surface area contributed by atoms with Crippen molar-refractivity contribution in [3.8, 4) is 5.75 Å². The average Bonchev–Trinajstić information content (AvgIpc) is 2.68. The van der Waals surface area contributed by atoms with Crippen LogP contribution in [0.2, 0.25) is 0 Å². The van der Waals surface area contributed by atoms with E-state index < -0.39 is 0 Å². The molecule has 0 atom stereocenters. The van der Waals surface area contributed by atoms with Crippen molar-refractivity contribution in [2.24, 2.45) is 5.73 Å². The monoisotopic (exact) mass is 278 g/mol. The van der Waals surface area contributed by atoms with Gasteiger partial charge in [-0.25, -0.2) is 0 Å². The topological polar surface area (TPSA) is 38.5 Å². The Morgan fingerprint density at radius 1 is 1.21 bits per heavy atom. The third-order valence-electron chi connectivity index (χ3n) is 3.49. The second-order valence-electron chi connectivity index (χ2n) is 5.00. The molecular weight excluding hydrogens is 256 g/mol. The van der Waals surface area contributed by atoms with E-state index in [0.717, 1.165) is 24.5 Å². The maximum Gasteiger partial charge on any atom is 0.120 e.